The van der Waals surface area contributed by atoms with Gasteiger partial charge in [-0.25, -0.2) is 10.8 Å². The number of nitrogens with zero attached hydrogens (tertiary/aromatic N) is 2. The summed E-state index contributed by atoms with van der Waals surface area (Å²) < 4.78 is 0. The lowest BCUT2D eigenvalue weighted by Gasteiger charge is -2.23. The highest BCUT2D eigenvalue weighted by molar-refractivity contribution is 5.48. The van der Waals surface area contributed by atoms with Crippen LogP contribution in [0, 0.1) is 6.92 Å². The molecule has 0 saturated heterocycles. The lowest BCUT2D eigenvalue weighted by atomic mass is 10.2. The number of rotatable bonds is 5. The third kappa shape index (κ3) is 3.45. The second kappa shape index (κ2) is 6.20. The van der Waals surface area contributed by atoms with Crippen molar-refractivity contribution in [1.82, 2.24) is 4.98 Å². The minimum Gasteiger partial charge on any atom is -0.366 e. The third-order valence-electron chi connectivity index (χ3n) is 3.09. The summed E-state index contributed by atoms with van der Waals surface area (Å²) in [7, 11) is 0. The van der Waals surface area contributed by atoms with Crippen LogP contribution in [0.25, 0.3) is 0 Å². The van der Waals surface area contributed by atoms with E-state index in [1.165, 1.54) is 11.3 Å². The number of pyridine rings is 1. The molecule has 19 heavy (non-hydrogen) atoms. The van der Waals surface area contributed by atoms with Crippen LogP contribution in [0.4, 0.5) is 11.5 Å². The molecule has 0 saturated carbocycles. The summed E-state index contributed by atoms with van der Waals surface area (Å²) in [6, 6.07) is 14.4. The summed E-state index contributed by atoms with van der Waals surface area (Å²) in [6.07, 6.45) is 0. The zero-order chi connectivity index (χ0) is 13.7. The van der Waals surface area contributed by atoms with Crippen molar-refractivity contribution >= 4 is 11.5 Å². The second-order valence-corrected chi connectivity index (χ2v) is 4.51. The molecular formula is C15H20N4. The Labute approximate surface area is 114 Å². The fraction of sp³-hybridized carbons (Fsp3) is 0.267. The number of benzene rings is 1. The maximum absolute atomic E-state index is 5.38. The van der Waals surface area contributed by atoms with E-state index in [-0.39, 0.29) is 0 Å². The van der Waals surface area contributed by atoms with Gasteiger partial charge in [-0.1, -0.05) is 23.8 Å². The van der Waals surface area contributed by atoms with E-state index in [4.69, 9.17) is 5.84 Å². The van der Waals surface area contributed by atoms with Gasteiger partial charge in [-0.2, -0.15) is 0 Å². The summed E-state index contributed by atoms with van der Waals surface area (Å²) in [5, 5.41) is 0. The van der Waals surface area contributed by atoms with E-state index in [9.17, 15) is 0 Å². The molecule has 4 nitrogen and oxygen atoms in total. The highest BCUT2D eigenvalue weighted by Crippen LogP contribution is 2.17. The quantitative estimate of drug-likeness (QED) is 0.638. The van der Waals surface area contributed by atoms with Crippen molar-refractivity contribution in [2.24, 2.45) is 5.84 Å². The average Bonchev–Trinajstić information content (AvgIpc) is 2.46. The number of hydrogen-bond acceptors (Lipinski definition) is 4. The van der Waals surface area contributed by atoms with Gasteiger partial charge >= 0.3 is 0 Å². The van der Waals surface area contributed by atoms with Gasteiger partial charge in [0.1, 0.15) is 5.82 Å². The smallest absolute Gasteiger partial charge is 0.140 e. The van der Waals surface area contributed by atoms with Crippen molar-refractivity contribution in [3.05, 3.63) is 53.7 Å². The number of anilines is 2. The first-order valence-electron chi connectivity index (χ1n) is 6.47. The van der Waals surface area contributed by atoms with Crippen molar-refractivity contribution in [2.45, 2.75) is 20.4 Å². The summed E-state index contributed by atoms with van der Waals surface area (Å²) in [4.78, 5) is 6.72. The summed E-state index contributed by atoms with van der Waals surface area (Å²) in [5.74, 6) is 6.08. The van der Waals surface area contributed by atoms with Gasteiger partial charge in [0, 0.05) is 12.2 Å². The number of nitrogens with one attached hydrogen (secondary N) is 1. The minimum absolute atomic E-state index is 0.692. The number of hydrazine groups is 1. The van der Waals surface area contributed by atoms with Crippen molar-refractivity contribution in [3.63, 3.8) is 0 Å². The van der Waals surface area contributed by atoms with Gasteiger partial charge in [0.25, 0.3) is 0 Å². The van der Waals surface area contributed by atoms with Crippen molar-refractivity contribution in [3.8, 4) is 0 Å². The summed E-state index contributed by atoms with van der Waals surface area (Å²) >= 11 is 0. The molecule has 0 radical (unpaired) electrons. The molecule has 0 bridgehead atoms. The Morgan fingerprint density at radius 2 is 1.89 bits per heavy atom. The van der Waals surface area contributed by atoms with Gasteiger partial charge in [0.2, 0.25) is 0 Å². The molecule has 0 spiro atoms. The zero-order valence-corrected chi connectivity index (χ0v) is 11.4. The average molecular weight is 256 g/mol. The standard InChI is InChI=1S/C15H20N4/c1-3-19(14-9-7-12(2)8-10-14)11-13-5-4-6-15(17-13)18-16/h4-10H,3,11,16H2,1-2H3,(H,17,18). The molecule has 100 valence electrons. The molecule has 0 unspecified atom stereocenters. The van der Waals surface area contributed by atoms with Crippen molar-refractivity contribution in [2.75, 3.05) is 16.9 Å². The van der Waals surface area contributed by atoms with E-state index >= 15 is 0 Å². The Hall–Kier alpha value is -2.07. The second-order valence-electron chi connectivity index (χ2n) is 4.51. The Balaban J connectivity index is 2.16. The van der Waals surface area contributed by atoms with Gasteiger partial charge in [0.15, 0.2) is 0 Å². The topological polar surface area (TPSA) is 54.2 Å². The van der Waals surface area contributed by atoms with Crippen LogP contribution >= 0.6 is 0 Å². The van der Waals surface area contributed by atoms with Crippen LogP contribution in [-0.2, 0) is 6.54 Å². The molecule has 4 heteroatoms. The maximum atomic E-state index is 5.38. The first kappa shape index (κ1) is 13.4. The van der Waals surface area contributed by atoms with Crippen LogP contribution in [0.2, 0.25) is 0 Å². The molecule has 2 rings (SSSR count). The molecule has 1 heterocycles. The molecule has 1 aromatic heterocycles. The molecular weight excluding hydrogens is 236 g/mol. The lowest BCUT2D eigenvalue weighted by molar-refractivity contribution is 0.810. The first-order valence-corrected chi connectivity index (χ1v) is 6.47. The van der Waals surface area contributed by atoms with Crippen LogP contribution in [0.3, 0.4) is 0 Å². The molecule has 1 aromatic carbocycles. The fourth-order valence-corrected chi connectivity index (χ4v) is 1.98. The Kier molecular flexibility index (Phi) is 4.36. The highest BCUT2D eigenvalue weighted by atomic mass is 15.3. The van der Waals surface area contributed by atoms with Crippen LogP contribution in [0.15, 0.2) is 42.5 Å². The molecule has 2 aromatic rings. The van der Waals surface area contributed by atoms with Gasteiger partial charge < -0.3 is 10.3 Å². The van der Waals surface area contributed by atoms with Crippen LogP contribution in [0.5, 0.6) is 0 Å². The zero-order valence-electron chi connectivity index (χ0n) is 11.4. The van der Waals surface area contributed by atoms with Gasteiger partial charge in [-0.15, -0.1) is 0 Å². The van der Waals surface area contributed by atoms with E-state index in [1.54, 1.807) is 0 Å². The summed E-state index contributed by atoms with van der Waals surface area (Å²) in [6.45, 7) is 5.95. The number of hydrogen-bond donors (Lipinski definition) is 2. The Morgan fingerprint density at radius 3 is 2.53 bits per heavy atom. The molecule has 0 fully saturated rings. The van der Waals surface area contributed by atoms with Crippen molar-refractivity contribution in [1.29, 1.82) is 0 Å². The lowest BCUT2D eigenvalue weighted by Crippen LogP contribution is -2.23. The maximum Gasteiger partial charge on any atom is 0.140 e. The van der Waals surface area contributed by atoms with E-state index < -0.39 is 0 Å². The molecule has 0 aliphatic carbocycles. The van der Waals surface area contributed by atoms with E-state index in [0.717, 1.165) is 18.8 Å². The predicted molar refractivity (Wildman–Crippen MR) is 80.0 cm³/mol. The van der Waals surface area contributed by atoms with E-state index in [0.29, 0.717) is 5.82 Å². The predicted octanol–water partition coefficient (Wildman–Crippen LogP) is 2.70. The van der Waals surface area contributed by atoms with Crippen LogP contribution in [-0.4, -0.2) is 11.5 Å². The number of nitrogen functional groups attached to an aromatic ring is 1. The fourth-order valence-electron chi connectivity index (χ4n) is 1.98. The van der Waals surface area contributed by atoms with Crippen molar-refractivity contribution < 1.29 is 0 Å². The molecule has 0 amide bonds. The highest BCUT2D eigenvalue weighted by Gasteiger charge is 2.06. The van der Waals surface area contributed by atoms with Crippen LogP contribution < -0.4 is 16.2 Å². The number of aromatic nitrogens is 1. The largest absolute Gasteiger partial charge is 0.366 e. The number of nitrogens with two attached hydrogens (primary N) is 1. The molecule has 0 aliphatic rings. The Bertz CT molecular complexity index is 522. The van der Waals surface area contributed by atoms with E-state index in [2.05, 4.69) is 53.4 Å². The SMILES string of the molecule is CCN(Cc1cccc(NN)n1)c1ccc(C)cc1. The minimum atomic E-state index is 0.692. The molecule has 3 N–H and O–H groups in total. The molecule has 0 atom stereocenters. The van der Waals surface area contributed by atoms with E-state index in [1.807, 2.05) is 18.2 Å². The normalized spacial score (nSPS) is 10.3. The monoisotopic (exact) mass is 256 g/mol. The first-order chi connectivity index (χ1) is 9.22. The number of aryl methyl sites for hydroxylation is 1. The van der Waals surface area contributed by atoms with Gasteiger partial charge in [-0.05, 0) is 38.1 Å². The molecule has 0 aliphatic heterocycles. The Morgan fingerprint density at radius 1 is 1.16 bits per heavy atom. The van der Waals surface area contributed by atoms with Gasteiger partial charge in [0.05, 0.1) is 12.2 Å². The van der Waals surface area contributed by atoms with Crippen LogP contribution in [0.1, 0.15) is 18.2 Å². The summed E-state index contributed by atoms with van der Waals surface area (Å²) in [5.41, 5.74) is 6.05. The van der Waals surface area contributed by atoms with Gasteiger partial charge in [-0.3, -0.25) is 0 Å². The third-order valence-corrected chi connectivity index (χ3v) is 3.09.